The predicted octanol–water partition coefficient (Wildman–Crippen LogP) is 3.21. The van der Waals surface area contributed by atoms with Crippen LogP contribution in [0, 0.1) is 0 Å². The summed E-state index contributed by atoms with van der Waals surface area (Å²) in [5.74, 6) is 1.25. The fraction of sp³-hybridized carbons (Fsp3) is 0.286. The molecule has 0 saturated carbocycles. The molecule has 2 aromatic carbocycles. The minimum Gasteiger partial charge on any atom is -0.490 e. The molecule has 2 rings (SSSR count). The monoisotopic (exact) mass is 250 g/mol. The molecule has 1 unspecified atom stereocenters. The minimum absolute atomic E-state index is 0.278. The van der Waals surface area contributed by atoms with Crippen LogP contribution in [-0.4, -0.2) is 23.7 Å². The largest absolute Gasteiger partial charge is 0.490 e. The van der Waals surface area contributed by atoms with Gasteiger partial charge in [0.25, 0.3) is 0 Å². The van der Waals surface area contributed by atoms with Crippen LogP contribution in [0.15, 0.2) is 42.5 Å². The van der Waals surface area contributed by atoms with Gasteiger partial charge in [0.2, 0.25) is 0 Å². The minimum atomic E-state index is -0.508. The van der Waals surface area contributed by atoms with Crippen molar-refractivity contribution >= 4 is 22.4 Å². The van der Waals surface area contributed by atoms with Gasteiger partial charge in [0.1, 0.15) is 12.4 Å². The zero-order valence-electron chi connectivity index (χ0n) is 9.47. The van der Waals surface area contributed by atoms with Crippen LogP contribution in [-0.2, 0) is 0 Å². The lowest BCUT2D eigenvalue weighted by Crippen LogP contribution is -2.17. The van der Waals surface area contributed by atoms with E-state index in [1.54, 1.807) is 0 Å². The lowest BCUT2D eigenvalue weighted by molar-refractivity contribution is 0.106. The standard InChI is InChI=1S/C14H15ClO2/c15-9-8-12(16)10-17-14-7-3-5-11-4-1-2-6-13(11)14/h1-7,12,16H,8-10H2. The number of benzene rings is 2. The molecule has 1 N–H and O–H groups in total. The second-order valence-electron chi connectivity index (χ2n) is 3.92. The fourth-order valence-corrected chi connectivity index (χ4v) is 1.97. The van der Waals surface area contributed by atoms with Crippen LogP contribution >= 0.6 is 11.6 Å². The third kappa shape index (κ3) is 3.11. The zero-order chi connectivity index (χ0) is 12.1. The van der Waals surface area contributed by atoms with E-state index < -0.39 is 6.10 Å². The van der Waals surface area contributed by atoms with Gasteiger partial charge in [0.15, 0.2) is 0 Å². The number of halogens is 1. The first kappa shape index (κ1) is 12.2. The number of rotatable bonds is 5. The molecule has 0 aliphatic rings. The van der Waals surface area contributed by atoms with E-state index in [-0.39, 0.29) is 6.61 Å². The number of aliphatic hydroxyl groups is 1. The van der Waals surface area contributed by atoms with E-state index in [0.717, 1.165) is 16.5 Å². The molecule has 0 aliphatic heterocycles. The second-order valence-corrected chi connectivity index (χ2v) is 4.30. The van der Waals surface area contributed by atoms with Crippen LogP contribution in [0.25, 0.3) is 10.8 Å². The second kappa shape index (κ2) is 5.89. The molecule has 0 aromatic heterocycles. The average Bonchev–Trinajstić information content (AvgIpc) is 2.36. The van der Waals surface area contributed by atoms with E-state index in [0.29, 0.717) is 12.3 Å². The number of fused-ring (bicyclic) bond motifs is 1. The van der Waals surface area contributed by atoms with Crippen LogP contribution in [0.2, 0.25) is 0 Å². The van der Waals surface area contributed by atoms with Gasteiger partial charge >= 0.3 is 0 Å². The summed E-state index contributed by atoms with van der Waals surface area (Å²) in [6.07, 6.45) is 0.0400. The van der Waals surface area contributed by atoms with E-state index in [2.05, 4.69) is 0 Å². The maximum Gasteiger partial charge on any atom is 0.127 e. The molecule has 0 heterocycles. The number of ether oxygens (including phenoxy) is 1. The van der Waals surface area contributed by atoms with Crippen molar-refractivity contribution in [2.24, 2.45) is 0 Å². The molecular formula is C14H15ClO2. The smallest absolute Gasteiger partial charge is 0.127 e. The maximum atomic E-state index is 9.57. The Kier molecular flexibility index (Phi) is 4.24. The molecule has 1 atom stereocenters. The van der Waals surface area contributed by atoms with Crippen molar-refractivity contribution in [3.63, 3.8) is 0 Å². The molecule has 0 bridgehead atoms. The van der Waals surface area contributed by atoms with Crippen molar-refractivity contribution in [1.29, 1.82) is 0 Å². The summed E-state index contributed by atoms with van der Waals surface area (Å²) in [7, 11) is 0. The number of aliphatic hydroxyl groups excluding tert-OH is 1. The Labute approximate surface area is 106 Å². The summed E-state index contributed by atoms with van der Waals surface area (Å²) in [4.78, 5) is 0. The Balaban J connectivity index is 2.13. The van der Waals surface area contributed by atoms with Gasteiger partial charge in [-0.2, -0.15) is 0 Å². The lowest BCUT2D eigenvalue weighted by atomic mass is 10.1. The Morgan fingerprint density at radius 1 is 1.12 bits per heavy atom. The third-order valence-electron chi connectivity index (χ3n) is 2.62. The summed E-state index contributed by atoms with van der Waals surface area (Å²) in [6, 6.07) is 13.9. The Morgan fingerprint density at radius 2 is 1.88 bits per heavy atom. The zero-order valence-corrected chi connectivity index (χ0v) is 10.2. The Hall–Kier alpha value is -1.25. The third-order valence-corrected chi connectivity index (χ3v) is 2.84. The van der Waals surface area contributed by atoms with Gasteiger partial charge in [-0.15, -0.1) is 11.6 Å². The molecule has 2 nitrogen and oxygen atoms in total. The quantitative estimate of drug-likeness (QED) is 0.826. The van der Waals surface area contributed by atoms with E-state index in [1.165, 1.54) is 0 Å². The molecular weight excluding hydrogens is 236 g/mol. The van der Waals surface area contributed by atoms with Crippen LogP contribution in [0.1, 0.15) is 6.42 Å². The molecule has 17 heavy (non-hydrogen) atoms. The Bertz CT molecular complexity index is 479. The van der Waals surface area contributed by atoms with Crippen molar-refractivity contribution in [3.8, 4) is 5.75 Å². The Morgan fingerprint density at radius 3 is 2.71 bits per heavy atom. The van der Waals surface area contributed by atoms with E-state index >= 15 is 0 Å². The molecule has 0 spiro atoms. The number of hydrogen-bond donors (Lipinski definition) is 1. The van der Waals surface area contributed by atoms with Crippen LogP contribution < -0.4 is 4.74 Å². The van der Waals surface area contributed by atoms with Gasteiger partial charge in [0.05, 0.1) is 6.10 Å². The van der Waals surface area contributed by atoms with E-state index in [1.807, 2.05) is 42.5 Å². The summed E-state index contributed by atoms with van der Waals surface area (Å²) in [6.45, 7) is 0.278. The molecule has 2 aromatic rings. The highest BCUT2D eigenvalue weighted by atomic mass is 35.5. The van der Waals surface area contributed by atoms with Crippen LogP contribution in [0.3, 0.4) is 0 Å². The van der Waals surface area contributed by atoms with Crippen molar-refractivity contribution in [2.45, 2.75) is 12.5 Å². The fourth-order valence-electron chi connectivity index (χ4n) is 1.72. The van der Waals surface area contributed by atoms with Crippen molar-refractivity contribution in [3.05, 3.63) is 42.5 Å². The van der Waals surface area contributed by atoms with E-state index in [9.17, 15) is 5.11 Å². The molecule has 0 amide bonds. The van der Waals surface area contributed by atoms with E-state index in [4.69, 9.17) is 16.3 Å². The van der Waals surface area contributed by atoms with Crippen LogP contribution in [0.4, 0.5) is 0 Å². The number of hydrogen-bond acceptors (Lipinski definition) is 2. The van der Waals surface area contributed by atoms with Gasteiger partial charge in [-0.1, -0.05) is 36.4 Å². The first-order chi connectivity index (χ1) is 8.31. The molecule has 0 saturated heterocycles. The highest BCUT2D eigenvalue weighted by molar-refractivity contribution is 6.17. The van der Waals surface area contributed by atoms with Crippen molar-refractivity contribution in [2.75, 3.05) is 12.5 Å². The van der Waals surface area contributed by atoms with Gasteiger partial charge in [-0.05, 0) is 17.9 Å². The first-order valence-corrected chi connectivity index (χ1v) is 6.19. The SMILES string of the molecule is OC(CCCl)COc1cccc2ccccc12. The molecule has 0 fully saturated rings. The predicted molar refractivity (Wildman–Crippen MR) is 70.8 cm³/mol. The molecule has 90 valence electrons. The number of alkyl halides is 1. The summed E-state index contributed by atoms with van der Waals surface area (Å²) in [5, 5.41) is 11.8. The normalized spacial score (nSPS) is 12.6. The van der Waals surface area contributed by atoms with Crippen LogP contribution in [0.5, 0.6) is 5.75 Å². The van der Waals surface area contributed by atoms with Crippen molar-refractivity contribution in [1.82, 2.24) is 0 Å². The van der Waals surface area contributed by atoms with Gasteiger partial charge in [0, 0.05) is 11.3 Å². The highest BCUT2D eigenvalue weighted by Crippen LogP contribution is 2.25. The van der Waals surface area contributed by atoms with Gasteiger partial charge in [-0.25, -0.2) is 0 Å². The van der Waals surface area contributed by atoms with Gasteiger partial charge in [-0.3, -0.25) is 0 Å². The average molecular weight is 251 g/mol. The summed E-state index contributed by atoms with van der Waals surface area (Å²) >= 11 is 5.56. The van der Waals surface area contributed by atoms with Gasteiger partial charge < -0.3 is 9.84 Å². The lowest BCUT2D eigenvalue weighted by Gasteiger charge is -2.12. The molecule has 3 heteroatoms. The highest BCUT2D eigenvalue weighted by Gasteiger charge is 2.06. The molecule has 0 aliphatic carbocycles. The molecule has 0 radical (unpaired) electrons. The maximum absolute atomic E-state index is 9.57. The summed E-state index contributed by atoms with van der Waals surface area (Å²) in [5.41, 5.74) is 0. The topological polar surface area (TPSA) is 29.5 Å². The first-order valence-electron chi connectivity index (χ1n) is 5.66. The summed E-state index contributed by atoms with van der Waals surface area (Å²) < 4.78 is 5.62. The van der Waals surface area contributed by atoms with Crippen molar-refractivity contribution < 1.29 is 9.84 Å².